The molecule has 160 valence electrons. The molecule has 1 fully saturated rings. The molecule has 0 atom stereocenters. The van der Waals surface area contributed by atoms with Crippen LogP contribution in [-0.4, -0.2) is 60.6 Å². The molecule has 1 saturated heterocycles. The van der Waals surface area contributed by atoms with Crippen molar-refractivity contribution in [3.63, 3.8) is 0 Å². The molecule has 0 saturated carbocycles. The predicted molar refractivity (Wildman–Crippen MR) is 111 cm³/mol. The number of halogens is 1. The van der Waals surface area contributed by atoms with Gasteiger partial charge >= 0.3 is 5.97 Å². The summed E-state index contributed by atoms with van der Waals surface area (Å²) in [4.78, 5) is 28.3. The van der Waals surface area contributed by atoms with Crippen LogP contribution in [-0.2, 0) is 16.1 Å². The van der Waals surface area contributed by atoms with Gasteiger partial charge in [0.1, 0.15) is 11.6 Å². The highest BCUT2D eigenvalue weighted by molar-refractivity contribution is 5.91. The first-order chi connectivity index (χ1) is 14.4. The van der Waals surface area contributed by atoms with Gasteiger partial charge in [-0.2, -0.15) is 0 Å². The molecule has 1 amide bonds. The molecule has 0 aliphatic carbocycles. The summed E-state index contributed by atoms with van der Waals surface area (Å²) in [5.74, 6) is -0.316. The Bertz CT molecular complexity index is 862. The van der Waals surface area contributed by atoms with E-state index in [0.29, 0.717) is 49.6 Å². The fraction of sp³-hybridized carbons (Fsp3) is 0.391. The summed E-state index contributed by atoms with van der Waals surface area (Å²) < 4.78 is 24.5. The second kappa shape index (κ2) is 10.2. The second-order valence-electron chi connectivity index (χ2n) is 7.52. The maximum absolute atomic E-state index is 13.8. The third-order valence-corrected chi connectivity index (χ3v) is 4.87. The highest BCUT2D eigenvalue weighted by Crippen LogP contribution is 2.15. The predicted octanol–water partition coefficient (Wildman–Crippen LogP) is 3.11. The molecule has 0 unspecified atom stereocenters. The van der Waals surface area contributed by atoms with E-state index in [-0.39, 0.29) is 24.4 Å². The number of hydrogen-bond donors (Lipinski definition) is 0. The van der Waals surface area contributed by atoms with E-state index in [0.717, 1.165) is 0 Å². The summed E-state index contributed by atoms with van der Waals surface area (Å²) in [5.41, 5.74) is 1.02. The molecule has 0 bridgehead atoms. The van der Waals surface area contributed by atoms with Gasteiger partial charge in [0.25, 0.3) is 5.91 Å². The highest BCUT2D eigenvalue weighted by Gasteiger charge is 2.22. The van der Waals surface area contributed by atoms with E-state index in [1.165, 1.54) is 6.07 Å². The van der Waals surface area contributed by atoms with Crippen LogP contribution >= 0.6 is 0 Å². The average molecular weight is 414 g/mol. The van der Waals surface area contributed by atoms with E-state index in [1.807, 2.05) is 19.9 Å². The summed E-state index contributed by atoms with van der Waals surface area (Å²) in [7, 11) is 0. The molecule has 2 aromatic carbocycles. The lowest BCUT2D eigenvalue weighted by atomic mass is 10.2. The summed E-state index contributed by atoms with van der Waals surface area (Å²) in [5, 5.41) is 0. The summed E-state index contributed by atoms with van der Waals surface area (Å²) >= 11 is 0. The van der Waals surface area contributed by atoms with Gasteiger partial charge in [-0.05, 0) is 44.2 Å². The zero-order valence-electron chi connectivity index (χ0n) is 17.3. The van der Waals surface area contributed by atoms with Gasteiger partial charge in [-0.1, -0.05) is 18.2 Å². The van der Waals surface area contributed by atoms with Crippen LogP contribution in [0.4, 0.5) is 4.39 Å². The molecule has 6 nitrogen and oxygen atoms in total. The van der Waals surface area contributed by atoms with E-state index >= 15 is 0 Å². The average Bonchev–Trinajstić information content (AvgIpc) is 2.74. The second-order valence-corrected chi connectivity index (χ2v) is 7.52. The molecule has 3 rings (SSSR count). The summed E-state index contributed by atoms with van der Waals surface area (Å²) in [6.45, 7) is 6.40. The molecule has 7 heteroatoms. The van der Waals surface area contributed by atoms with Crippen LogP contribution in [0.3, 0.4) is 0 Å². The van der Waals surface area contributed by atoms with Crippen molar-refractivity contribution in [2.75, 3.05) is 32.8 Å². The van der Waals surface area contributed by atoms with Crippen molar-refractivity contribution in [2.45, 2.75) is 26.5 Å². The lowest BCUT2D eigenvalue weighted by Gasteiger charge is -2.34. The van der Waals surface area contributed by atoms with Crippen molar-refractivity contribution in [1.29, 1.82) is 0 Å². The molecule has 0 N–H and O–H groups in total. The fourth-order valence-corrected chi connectivity index (χ4v) is 3.27. The minimum absolute atomic E-state index is 0.0487. The first-order valence-corrected chi connectivity index (χ1v) is 10.1. The maximum atomic E-state index is 13.8. The summed E-state index contributed by atoms with van der Waals surface area (Å²) in [6, 6.07) is 13.3. The number of amides is 1. The number of rotatable bonds is 7. The number of carbonyl (C=O) groups excluding carboxylic acids is 2. The number of benzene rings is 2. The van der Waals surface area contributed by atoms with Gasteiger partial charge in [-0.15, -0.1) is 0 Å². The zero-order valence-corrected chi connectivity index (χ0v) is 17.3. The molecular weight excluding hydrogens is 387 g/mol. The van der Waals surface area contributed by atoms with Crippen molar-refractivity contribution in [3.05, 3.63) is 65.5 Å². The van der Waals surface area contributed by atoms with Gasteiger partial charge in [0.05, 0.1) is 11.7 Å². The van der Waals surface area contributed by atoms with Gasteiger partial charge in [-0.25, -0.2) is 9.18 Å². The Balaban J connectivity index is 1.42. The normalized spacial score (nSPS) is 14.6. The largest absolute Gasteiger partial charge is 0.491 e. The van der Waals surface area contributed by atoms with Crippen molar-refractivity contribution in [1.82, 2.24) is 9.80 Å². The molecule has 1 aliphatic rings. The van der Waals surface area contributed by atoms with Crippen LogP contribution in [0.5, 0.6) is 5.75 Å². The Kier molecular flexibility index (Phi) is 7.41. The molecule has 2 aromatic rings. The SMILES string of the molecule is CC(C)Oc1ccc(C(=O)OCC(=O)N2CCN(Cc3ccccc3F)CC2)cc1. The van der Waals surface area contributed by atoms with Gasteiger partial charge in [0, 0.05) is 38.3 Å². The van der Waals surface area contributed by atoms with Crippen molar-refractivity contribution in [3.8, 4) is 5.75 Å². The van der Waals surface area contributed by atoms with Gasteiger partial charge < -0.3 is 14.4 Å². The monoisotopic (exact) mass is 414 g/mol. The van der Waals surface area contributed by atoms with Crippen LogP contribution in [0.15, 0.2) is 48.5 Å². The van der Waals surface area contributed by atoms with E-state index in [1.54, 1.807) is 41.3 Å². The first kappa shape index (κ1) is 21.8. The Morgan fingerprint density at radius 3 is 2.30 bits per heavy atom. The smallest absolute Gasteiger partial charge is 0.338 e. The minimum Gasteiger partial charge on any atom is -0.491 e. The third kappa shape index (κ3) is 6.03. The van der Waals surface area contributed by atoms with Crippen molar-refractivity contribution >= 4 is 11.9 Å². The Morgan fingerprint density at radius 2 is 1.67 bits per heavy atom. The topological polar surface area (TPSA) is 59.1 Å². The standard InChI is InChI=1S/C23H27FN2O4/c1-17(2)30-20-9-7-18(8-10-20)23(28)29-16-22(27)26-13-11-25(12-14-26)15-19-5-3-4-6-21(19)24/h3-10,17H,11-16H2,1-2H3. The number of esters is 1. The summed E-state index contributed by atoms with van der Waals surface area (Å²) in [6.07, 6.45) is 0.0487. The molecule has 30 heavy (non-hydrogen) atoms. The van der Waals surface area contributed by atoms with Crippen molar-refractivity contribution in [2.24, 2.45) is 0 Å². The van der Waals surface area contributed by atoms with Crippen LogP contribution < -0.4 is 4.74 Å². The molecule has 0 radical (unpaired) electrons. The van der Waals surface area contributed by atoms with E-state index in [9.17, 15) is 14.0 Å². The number of nitrogens with zero attached hydrogens (tertiary/aromatic N) is 2. The number of ether oxygens (including phenoxy) is 2. The lowest BCUT2D eigenvalue weighted by molar-refractivity contribution is -0.136. The molecular formula is C23H27FN2O4. The highest BCUT2D eigenvalue weighted by atomic mass is 19.1. The number of hydrogen-bond acceptors (Lipinski definition) is 5. The number of piperazine rings is 1. The maximum Gasteiger partial charge on any atom is 0.338 e. The van der Waals surface area contributed by atoms with Crippen LogP contribution in [0, 0.1) is 5.82 Å². The van der Waals surface area contributed by atoms with Crippen molar-refractivity contribution < 1.29 is 23.5 Å². The third-order valence-electron chi connectivity index (χ3n) is 4.87. The quantitative estimate of drug-likeness (QED) is 0.652. The molecule has 0 aromatic heterocycles. The Labute approximate surface area is 176 Å². The Hall–Kier alpha value is -2.93. The number of carbonyl (C=O) groups is 2. The zero-order chi connectivity index (χ0) is 21.5. The Morgan fingerprint density at radius 1 is 1.00 bits per heavy atom. The fourth-order valence-electron chi connectivity index (χ4n) is 3.27. The lowest BCUT2D eigenvalue weighted by Crippen LogP contribution is -2.49. The minimum atomic E-state index is -0.544. The van der Waals surface area contributed by atoms with Gasteiger partial charge in [-0.3, -0.25) is 9.69 Å². The van der Waals surface area contributed by atoms with E-state index in [4.69, 9.17) is 9.47 Å². The van der Waals surface area contributed by atoms with Crippen LogP contribution in [0.1, 0.15) is 29.8 Å². The van der Waals surface area contributed by atoms with E-state index in [2.05, 4.69) is 4.90 Å². The molecule has 1 heterocycles. The van der Waals surface area contributed by atoms with Crippen LogP contribution in [0.2, 0.25) is 0 Å². The first-order valence-electron chi connectivity index (χ1n) is 10.1. The van der Waals surface area contributed by atoms with Gasteiger partial charge in [0.15, 0.2) is 6.61 Å². The van der Waals surface area contributed by atoms with Crippen LogP contribution in [0.25, 0.3) is 0 Å². The van der Waals surface area contributed by atoms with E-state index < -0.39 is 5.97 Å². The molecule has 1 aliphatic heterocycles. The van der Waals surface area contributed by atoms with Gasteiger partial charge in [0.2, 0.25) is 0 Å². The molecule has 0 spiro atoms.